The van der Waals surface area contributed by atoms with Gasteiger partial charge in [0.15, 0.2) is 0 Å². The lowest BCUT2D eigenvalue weighted by Gasteiger charge is -2.34. The second-order valence-corrected chi connectivity index (χ2v) is 7.39. The number of para-hydroxylation sites is 1. The van der Waals surface area contributed by atoms with Crippen LogP contribution in [0.2, 0.25) is 5.02 Å². The first-order chi connectivity index (χ1) is 15.1. The summed E-state index contributed by atoms with van der Waals surface area (Å²) in [6.07, 6.45) is 1.72. The molecule has 8 nitrogen and oxygen atoms in total. The third-order valence-electron chi connectivity index (χ3n) is 4.95. The molecule has 0 radical (unpaired) electrons. The predicted octanol–water partition coefficient (Wildman–Crippen LogP) is 4.24. The van der Waals surface area contributed by atoms with E-state index in [2.05, 4.69) is 25.5 Å². The van der Waals surface area contributed by atoms with E-state index in [-0.39, 0.29) is 6.03 Å². The molecule has 9 heteroatoms. The summed E-state index contributed by atoms with van der Waals surface area (Å²) in [6.45, 7) is 2.40. The molecule has 31 heavy (non-hydrogen) atoms. The molecule has 160 valence electrons. The van der Waals surface area contributed by atoms with Gasteiger partial charge in [-0.2, -0.15) is 4.98 Å². The van der Waals surface area contributed by atoms with Crippen LogP contribution in [0.25, 0.3) is 0 Å². The van der Waals surface area contributed by atoms with Crippen LogP contribution in [0, 0.1) is 0 Å². The summed E-state index contributed by atoms with van der Waals surface area (Å²) in [6, 6.07) is 16.5. The Hall–Kier alpha value is -3.52. The van der Waals surface area contributed by atoms with Crippen LogP contribution in [-0.2, 0) is 0 Å². The Bertz CT molecular complexity index is 1060. The van der Waals surface area contributed by atoms with Gasteiger partial charge in [0.2, 0.25) is 5.95 Å². The number of nitrogens with zero attached hydrogens (tertiary/aromatic N) is 4. The molecule has 1 fully saturated rings. The van der Waals surface area contributed by atoms with Crippen LogP contribution in [-0.4, -0.2) is 54.2 Å². The minimum Gasteiger partial charge on any atom is -0.497 e. The Kier molecular flexibility index (Phi) is 6.37. The average molecular weight is 439 g/mol. The number of carbonyl (C=O) groups is 1. The molecule has 2 N–H and O–H groups in total. The minimum absolute atomic E-state index is 0.165. The second kappa shape index (κ2) is 9.53. The van der Waals surface area contributed by atoms with Crippen LogP contribution >= 0.6 is 11.6 Å². The third-order valence-corrected chi connectivity index (χ3v) is 5.28. The van der Waals surface area contributed by atoms with E-state index in [1.807, 2.05) is 42.5 Å². The van der Waals surface area contributed by atoms with E-state index >= 15 is 0 Å². The summed E-state index contributed by atoms with van der Waals surface area (Å²) in [5.74, 6) is 2.08. The number of piperazine rings is 1. The van der Waals surface area contributed by atoms with E-state index in [0.717, 1.165) is 11.4 Å². The lowest BCUT2D eigenvalue weighted by atomic mass is 10.3. The van der Waals surface area contributed by atoms with Crippen molar-refractivity contribution in [1.82, 2.24) is 14.9 Å². The molecule has 0 bridgehead atoms. The third kappa shape index (κ3) is 5.16. The van der Waals surface area contributed by atoms with Crippen LogP contribution < -0.4 is 20.3 Å². The molecule has 3 aromatic rings. The largest absolute Gasteiger partial charge is 0.497 e. The van der Waals surface area contributed by atoms with Crippen LogP contribution in [0.3, 0.4) is 0 Å². The van der Waals surface area contributed by atoms with Gasteiger partial charge in [-0.25, -0.2) is 9.78 Å². The van der Waals surface area contributed by atoms with E-state index in [0.29, 0.717) is 48.7 Å². The number of benzene rings is 2. The zero-order chi connectivity index (χ0) is 21.6. The van der Waals surface area contributed by atoms with Gasteiger partial charge in [-0.1, -0.05) is 29.8 Å². The van der Waals surface area contributed by atoms with Crippen molar-refractivity contribution in [1.29, 1.82) is 0 Å². The summed E-state index contributed by atoms with van der Waals surface area (Å²) < 4.78 is 5.26. The lowest BCUT2D eigenvalue weighted by Crippen LogP contribution is -2.50. The van der Waals surface area contributed by atoms with Gasteiger partial charge in [-0.3, -0.25) is 0 Å². The number of hydrogen-bond donors (Lipinski definition) is 2. The minimum atomic E-state index is -0.165. The highest BCUT2D eigenvalue weighted by atomic mass is 35.5. The molecule has 2 aromatic carbocycles. The molecule has 0 unspecified atom stereocenters. The molecule has 0 atom stereocenters. The van der Waals surface area contributed by atoms with Crippen LogP contribution in [0.15, 0.2) is 60.8 Å². The maximum absolute atomic E-state index is 12.6. The fourth-order valence-electron chi connectivity index (χ4n) is 3.29. The Morgan fingerprint density at radius 3 is 2.65 bits per heavy atom. The van der Waals surface area contributed by atoms with Crippen molar-refractivity contribution in [2.24, 2.45) is 0 Å². The first kappa shape index (κ1) is 20.7. The quantitative estimate of drug-likeness (QED) is 0.620. The van der Waals surface area contributed by atoms with Gasteiger partial charge in [-0.15, -0.1) is 0 Å². The zero-order valence-corrected chi connectivity index (χ0v) is 17.8. The molecule has 1 aromatic heterocycles. The lowest BCUT2D eigenvalue weighted by molar-refractivity contribution is 0.208. The van der Waals surface area contributed by atoms with E-state index in [4.69, 9.17) is 16.3 Å². The number of amides is 2. The standard InChI is InChI=1S/C22H23ClN6O2/c1-31-17-6-4-5-16(15-17)25-20-9-10-24-21(27-20)28-11-13-29(14-12-28)22(30)26-19-8-3-2-7-18(19)23/h2-10,15H,11-14H2,1H3,(H,26,30)(H,24,25,27). The summed E-state index contributed by atoms with van der Waals surface area (Å²) in [5, 5.41) is 6.66. The van der Waals surface area contributed by atoms with Gasteiger partial charge >= 0.3 is 6.03 Å². The van der Waals surface area contributed by atoms with Crippen molar-refractivity contribution in [3.8, 4) is 5.75 Å². The first-order valence-electron chi connectivity index (χ1n) is 9.92. The van der Waals surface area contributed by atoms with Crippen molar-refractivity contribution >= 4 is 40.8 Å². The Morgan fingerprint density at radius 2 is 1.87 bits per heavy atom. The van der Waals surface area contributed by atoms with Crippen molar-refractivity contribution < 1.29 is 9.53 Å². The van der Waals surface area contributed by atoms with Crippen molar-refractivity contribution in [3.63, 3.8) is 0 Å². The van der Waals surface area contributed by atoms with Gasteiger partial charge in [0, 0.05) is 44.1 Å². The first-order valence-corrected chi connectivity index (χ1v) is 10.3. The fourth-order valence-corrected chi connectivity index (χ4v) is 3.47. The molecule has 0 aliphatic carbocycles. The molecular formula is C22H23ClN6O2. The molecule has 2 amide bonds. The maximum Gasteiger partial charge on any atom is 0.322 e. The van der Waals surface area contributed by atoms with E-state index in [1.54, 1.807) is 30.3 Å². The number of ether oxygens (including phenoxy) is 1. The molecule has 1 aliphatic rings. The molecule has 1 saturated heterocycles. The Morgan fingerprint density at radius 1 is 1.06 bits per heavy atom. The van der Waals surface area contributed by atoms with Crippen LogP contribution in [0.4, 0.5) is 27.9 Å². The van der Waals surface area contributed by atoms with Gasteiger partial charge < -0.3 is 25.2 Å². The van der Waals surface area contributed by atoms with Crippen molar-refractivity contribution in [3.05, 3.63) is 65.8 Å². The average Bonchev–Trinajstić information content (AvgIpc) is 2.81. The number of anilines is 4. The molecule has 2 heterocycles. The molecule has 0 saturated carbocycles. The predicted molar refractivity (Wildman–Crippen MR) is 123 cm³/mol. The number of rotatable bonds is 5. The van der Waals surface area contributed by atoms with Crippen LogP contribution in [0.5, 0.6) is 5.75 Å². The topological polar surface area (TPSA) is 82.6 Å². The van der Waals surface area contributed by atoms with Gasteiger partial charge in [0.05, 0.1) is 17.8 Å². The fraction of sp³-hybridized carbons (Fsp3) is 0.227. The summed E-state index contributed by atoms with van der Waals surface area (Å²) in [4.78, 5) is 25.4. The maximum atomic E-state index is 12.6. The van der Waals surface area contributed by atoms with Gasteiger partial charge in [0.1, 0.15) is 11.6 Å². The summed E-state index contributed by atoms with van der Waals surface area (Å²) in [5.41, 5.74) is 1.49. The Balaban J connectivity index is 1.36. The summed E-state index contributed by atoms with van der Waals surface area (Å²) >= 11 is 6.13. The number of methoxy groups -OCH3 is 1. The SMILES string of the molecule is COc1cccc(Nc2ccnc(N3CCN(C(=O)Nc4ccccc4Cl)CC3)n2)c1. The van der Waals surface area contributed by atoms with E-state index in [1.165, 1.54) is 0 Å². The number of halogens is 1. The van der Waals surface area contributed by atoms with Gasteiger partial charge in [-0.05, 0) is 30.3 Å². The number of urea groups is 1. The van der Waals surface area contributed by atoms with E-state index < -0.39 is 0 Å². The highest BCUT2D eigenvalue weighted by Gasteiger charge is 2.23. The second-order valence-electron chi connectivity index (χ2n) is 6.98. The van der Waals surface area contributed by atoms with E-state index in [9.17, 15) is 4.79 Å². The molecule has 1 aliphatic heterocycles. The zero-order valence-electron chi connectivity index (χ0n) is 17.1. The number of hydrogen-bond acceptors (Lipinski definition) is 6. The highest BCUT2D eigenvalue weighted by Crippen LogP contribution is 2.23. The molecule has 4 rings (SSSR count). The number of carbonyl (C=O) groups excluding carboxylic acids is 1. The summed E-state index contributed by atoms with van der Waals surface area (Å²) in [7, 11) is 1.64. The number of aromatic nitrogens is 2. The highest BCUT2D eigenvalue weighted by molar-refractivity contribution is 6.33. The normalized spacial score (nSPS) is 13.6. The monoisotopic (exact) mass is 438 g/mol. The van der Waals surface area contributed by atoms with Crippen molar-refractivity contribution in [2.45, 2.75) is 0 Å². The van der Waals surface area contributed by atoms with Gasteiger partial charge in [0.25, 0.3) is 0 Å². The number of nitrogens with one attached hydrogen (secondary N) is 2. The Labute approximate surface area is 185 Å². The van der Waals surface area contributed by atoms with Crippen molar-refractivity contribution in [2.75, 3.05) is 48.8 Å². The molecular weight excluding hydrogens is 416 g/mol. The van der Waals surface area contributed by atoms with Crippen LogP contribution in [0.1, 0.15) is 0 Å². The molecule has 0 spiro atoms. The smallest absolute Gasteiger partial charge is 0.322 e.